The Balaban J connectivity index is 1.63. The van der Waals surface area contributed by atoms with E-state index in [1.165, 1.54) is 12.1 Å². The molecule has 1 aliphatic heterocycles. The lowest BCUT2D eigenvalue weighted by Gasteiger charge is -2.31. The van der Waals surface area contributed by atoms with E-state index in [2.05, 4.69) is 16.0 Å². The van der Waals surface area contributed by atoms with Gasteiger partial charge >= 0.3 is 6.03 Å². The predicted molar refractivity (Wildman–Crippen MR) is 120 cm³/mol. The molecule has 1 atom stereocenters. The molecule has 4 nitrogen and oxygen atoms in total. The second-order valence-electron chi connectivity index (χ2n) is 7.45. The molecule has 3 aromatic carbocycles. The average Bonchev–Trinajstić information content (AvgIpc) is 3.19. The zero-order chi connectivity index (χ0) is 21.4. The second-order valence-corrected chi connectivity index (χ2v) is 7.89. The molecule has 2 amide bonds. The van der Waals surface area contributed by atoms with Gasteiger partial charge in [0.15, 0.2) is 0 Å². The Bertz CT molecular complexity index is 1250. The van der Waals surface area contributed by atoms with Gasteiger partial charge in [-0.15, -0.1) is 0 Å². The molecule has 6 heteroatoms. The quantitative estimate of drug-likeness (QED) is 0.391. The number of halogens is 2. The Hall–Kier alpha value is -3.57. The van der Waals surface area contributed by atoms with Gasteiger partial charge in [-0.1, -0.05) is 41.9 Å². The van der Waals surface area contributed by atoms with E-state index in [1.807, 2.05) is 60.8 Å². The minimum Gasteiger partial charge on any atom is -0.318 e. The topological polar surface area (TPSA) is 37.3 Å². The van der Waals surface area contributed by atoms with Crippen LogP contribution in [0.5, 0.6) is 0 Å². The molecular weight excluding hydrogens is 413 g/mol. The summed E-state index contributed by atoms with van der Waals surface area (Å²) >= 11 is 6.31. The second kappa shape index (κ2) is 7.93. The number of amides is 2. The molecule has 0 aliphatic carbocycles. The van der Waals surface area contributed by atoms with Crippen molar-refractivity contribution in [2.45, 2.75) is 12.6 Å². The molecule has 31 heavy (non-hydrogen) atoms. The van der Waals surface area contributed by atoms with Gasteiger partial charge in [0.1, 0.15) is 5.82 Å². The molecule has 1 aromatic heterocycles. The van der Waals surface area contributed by atoms with Crippen LogP contribution in [0.25, 0.3) is 5.69 Å². The van der Waals surface area contributed by atoms with Crippen molar-refractivity contribution in [3.63, 3.8) is 0 Å². The normalized spacial score (nSPS) is 15.0. The lowest BCUT2D eigenvalue weighted by Crippen LogP contribution is -2.37. The van der Waals surface area contributed by atoms with Crippen molar-refractivity contribution >= 4 is 23.3 Å². The van der Waals surface area contributed by atoms with Crippen LogP contribution in [-0.2, 0) is 6.54 Å². The van der Waals surface area contributed by atoms with Crippen LogP contribution in [0.15, 0.2) is 91.1 Å². The van der Waals surface area contributed by atoms with E-state index in [4.69, 9.17) is 11.6 Å². The standard InChI is InChI=1S/C25H19ClFN3O/c26-19-7-3-6-17(15-19)24-23-9-4-14-29(23)22-8-2-1-5-18(22)16-30(24)25(31)28-21-12-10-20(27)11-13-21/h1-15,24H,16H2,(H,28,31). The van der Waals surface area contributed by atoms with E-state index in [-0.39, 0.29) is 17.9 Å². The van der Waals surface area contributed by atoms with Crippen molar-refractivity contribution in [3.8, 4) is 5.69 Å². The molecule has 154 valence electrons. The Kier molecular flexibility index (Phi) is 4.96. The number of carbonyl (C=O) groups is 1. The van der Waals surface area contributed by atoms with E-state index in [9.17, 15) is 9.18 Å². The highest BCUT2D eigenvalue weighted by Crippen LogP contribution is 2.37. The summed E-state index contributed by atoms with van der Waals surface area (Å²) in [7, 11) is 0. The average molecular weight is 432 g/mol. The van der Waals surface area contributed by atoms with Crippen LogP contribution in [0.2, 0.25) is 5.02 Å². The molecule has 0 bridgehead atoms. The van der Waals surface area contributed by atoms with Crippen molar-refractivity contribution in [1.29, 1.82) is 0 Å². The highest BCUT2D eigenvalue weighted by molar-refractivity contribution is 6.30. The Morgan fingerprint density at radius 2 is 1.77 bits per heavy atom. The first-order chi connectivity index (χ1) is 15.1. The Morgan fingerprint density at radius 1 is 0.968 bits per heavy atom. The van der Waals surface area contributed by atoms with Gasteiger partial charge in [0.05, 0.1) is 18.3 Å². The monoisotopic (exact) mass is 431 g/mol. The number of aromatic nitrogens is 1. The van der Waals surface area contributed by atoms with Crippen LogP contribution >= 0.6 is 11.6 Å². The summed E-state index contributed by atoms with van der Waals surface area (Å²) in [6.07, 6.45) is 2.01. The summed E-state index contributed by atoms with van der Waals surface area (Å²) in [5.74, 6) is -0.351. The molecule has 1 aliphatic rings. The van der Waals surface area contributed by atoms with Gasteiger partial charge in [0, 0.05) is 22.6 Å². The fraction of sp³-hybridized carbons (Fsp3) is 0.0800. The maximum Gasteiger partial charge on any atom is 0.322 e. The van der Waals surface area contributed by atoms with E-state index in [1.54, 1.807) is 17.0 Å². The molecule has 0 saturated heterocycles. The first-order valence-electron chi connectivity index (χ1n) is 9.94. The van der Waals surface area contributed by atoms with Crippen molar-refractivity contribution in [2.24, 2.45) is 0 Å². The van der Waals surface area contributed by atoms with E-state index in [0.29, 0.717) is 17.3 Å². The molecular formula is C25H19ClFN3O. The van der Waals surface area contributed by atoms with Crippen molar-refractivity contribution in [1.82, 2.24) is 9.47 Å². The van der Waals surface area contributed by atoms with Gasteiger partial charge in [-0.25, -0.2) is 9.18 Å². The van der Waals surface area contributed by atoms with Crippen LogP contribution in [0.3, 0.4) is 0 Å². The van der Waals surface area contributed by atoms with Crippen LogP contribution < -0.4 is 5.32 Å². The summed E-state index contributed by atoms with van der Waals surface area (Å²) in [5, 5.41) is 3.52. The van der Waals surface area contributed by atoms with Crippen molar-refractivity contribution in [2.75, 3.05) is 5.32 Å². The third-order valence-corrected chi connectivity index (χ3v) is 5.72. The van der Waals surface area contributed by atoms with Gasteiger partial charge in [-0.2, -0.15) is 0 Å². The maximum atomic E-state index is 13.5. The Labute approximate surface area is 184 Å². The Morgan fingerprint density at radius 3 is 2.58 bits per heavy atom. The predicted octanol–water partition coefficient (Wildman–Crippen LogP) is 6.41. The third-order valence-electron chi connectivity index (χ3n) is 5.48. The molecule has 5 rings (SSSR count). The summed E-state index contributed by atoms with van der Waals surface area (Å²) in [6, 6.07) is 24.7. The van der Waals surface area contributed by atoms with Crippen LogP contribution in [-0.4, -0.2) is 15.5 Å². The SMILES string of the molecule is O=C(Nc1ccc(F)cc1)N1Cc2ccccc2-n2cccc2C1c1cccc(Cl)c1. The minimum atomic E-state index is -0.360. The van der Waals surface area contributed by atoms with E-state index < -0.39 is 0 Å². The fourth-order valence-corrected chi connectivity index (χ4v) is 4.29. The summed E-state index contributed by atoms with van der Waals surface area (Å²) in [5.41, 5.74) is 4.46. The van der Waals surface area contributed by atoms with Gasteiger partial charge in [0.25, 0.3) is 0 Å². The number of anilines is 1. The number of urea groups is 1. The number of hydrogen-bond acceptors (Lipinski definition) is 1. The third kappa shape index (κ3) is 3.68. The highest BCUT2D eigenvalue weighted by Gasteiger charge is 2.33. The minimum absolute atomic E-state index is 0.277. The molecule has 1 unspecified atom stereocenters. The molecule has 2 heterocycles. The fourth-order valence-electron chi connectivity index (χ4n) is 4.10. The van der Waals surface area contributed by atoms with Gasteiger partial charge in [-0.05, 0) is 65.7 Å². The lowest BCUT2D eigenvalue weighted by molar-refractivity contribution is 0.194. The number of rotatable bonds is 2. The molecule has 4 aromatic rings. The number of para-hydroxylation sites is 1. The van der Waals surface area contributed by atoms with Crippen molar-refractivity contribution < 1.29 is 9.18 Å². The molecule has 0 saturated carbocycles. The van der Waals surface area contributed by atoms with Gasteiger partial charge in [0.2, 0.25) is 0 Å². The first-order valence-corrected chi connectivity index (χ1v) is 10.3. The van der Waals surface area contributed by atoms with E-state index >= 15 is 0 Å². The zero-order valence-corrected chi connectivity index (χ0v) is 17.3. The van der Waals surface area contributed by atoms with Crippen LogP contribution in [0.4, 0.5) is 14.9 Å². The molecule has 0 fully saturated rings. The zero-order valence-electron chi connectivity index (χ0n) is 16.5. The van der Waals surface area contributed by atoms with Gasteiger partial charge in [-0.3, -0.25) is 0 Å². The van der Waals surface area contributed by atoms with Crippen LogP contribution in [0, 0.1) is 5.82 Å². The van der Waals surface area contributed by atoms with Crippen LogP contribution in [0.1, 0.15) is 22.9 Å². The maximum absolute atomic E-state index is 13.5. The smallest absolute Gasteiger partial charge is 0.318 e. The molecule has 0 spiro atoms. The number of fused-ring (bicyclic) bond motifs is 3. The first kappa shape index (κ1) is 19.4. The number of carbonyl (C=O) groups excluding carboxylic acids is 1. The summed E-state index contributed by atoms with van der Waals surface area (Å²) in [4.78, 5) is 15.3. The summed E-state index contributed by atoms with van der Waals surface area (Å²) < 4.78 is 15.4. The number of benzene rings is 3. The number of nitrogens with one attached hydrogen (secondary N) is 1. The summed E-state index contributed by atoms with van der Waals surface area (Å²) in [6.45, 7) is 0.405. The number of nitrogens with zero attached hydrogens (tertiary/aromatic N) is 2. The molecule has 1 N–H and O–H groups in total. The lowest BCUT2D eigenvalue weighted by atomic mass is 10.0. The van der Waals surface area contributed by atoms with Crippen molar-refractivity contribution in [3.05, 3.63) is 119 Å². The van der Waals surface area contributed by atoms with E-state index in [0.717, 1.165) is 22.5 Å². The number of hydrogen-bond donors (Lipinski definition) is 1. The largest absolute Gasteiger partial charge is 0.322 e. The van der Waals surface area contributed by atoms with Gasteiger partial charge < -0.3 is 14.8 Å². The highest BCUT2D eigenvalue weighted by atomic mass is 35.5. The molecule has 0 radical (unpaired) electrons.